The molecule has 1 heterocycles. The van der Waals surface area contributed by atoms with Crippen molar-refractivity contribution >= 4 is 0 Å². The highest BCUT2D eigenvalue weighted by Gasteiger charge is 2.38. The van der Waals surface area contributed by atoms with Crippen molar-refractivity contribution in [1.29, 1.82) is 0 Å². The minimum absolute atomic E-state index is 0.0796. The van der Waals surface area contributed by atoms with E-state index in [0.29, 0.717) is 5.56 Å². The Kier molecular flexibility index (Phi) is 4.36. The quantitative estimate of drug-likeness (QED) is 0.885. The zero-order valence-electron chi connectivity index (χ0n) is 11.2. The highest BCUT2D eigenvalue weighted by Crippen LogP contribution is 2.37. The van der Waals surface area contributed by atoms with Gasteiger partial charge in [-0.1, -0.05) is 25.1 Å². The molecule has 2 rings (SSSR count). The van der Waals surface area contributed by atoms with Gasteiger partial charge in [-0.05, 0) is 38.8 Å². The summed E-state index contributed by atoms with van der Waals surface area (Å²) in [4.78, 5) is 0. The Morgan fingerprint density at radius 3 is 2.78 bits per heavy atom. The van der Waals surface area contributed by atoms with E-state index in [1.165, 1.54) is 6.07 Å². The second-order valence-electron chi connectivity index (χ2n) is 5.13. The van der Waals surface area contributed by atoms with Crippen LogP contribution >= 0.6 is 0 Å². The molecule has 1 aliphatic heterocycles. The van der Waals surface area contributed by atoms with E-state index in [1.54, 1.807) is 6.07 Å². The lowest BCUT2D eigenvalue weighted by Crippen LogP contribution is -2.46. The van der Waals surface area contributed by atoms with Crippen LogP contribution in [0.15, 0.2) is 24.3 Å². The van der Waals surface area contributed by atoms with Crippen molar-refractivity contribution < 1.29 is 9.13 Å². The zero-order valence-corrected chi connectivity index (χ0v) is 11.2. The molecule has 0 aromatic heterocycles. The smallest absolute Gasteiger partial charge is 0.128 e. The van der Waals surface area contributed by atoms with E-state index in [2.05, 4.69) is 12.2 Å². The molecule has 0 saturated carbocycles. The second-order valence-corrected chi connectivity index (χ2v) is 5.13. The summed E-state index contributed by atoms with van der Waals surface area (Å²) in [5, 5.41) is 3.38. The fourth-order valence-corrected chi connectivity index (χ4v) is 2.75. The minimum Gasteiger partial charge on any atom is -0.373 e. The van der Waals surface area contributed by atoms with E-state index in [0.717, 1.165) is 32.4 Å². The molecule has 1 aromatic rings. The number of nitrogens with one attached hydrogen (secondary N) is 1. The van der Waals surface area contributed by atoms with Crippen molar-refractivity contribution in [3.63, 3.8) is 0 Å². The van der Waals surface area contributed by atoms with Crippen LogP contribution < -0.4 is 5.32 Å². The van der Waals surface area contributed by atoms with E-state index in [1.807, 2.05) is 19.1 Å². The van der Waals surface area contributed by atoms with Crippen LogP contribution in [0.3, 0.4) is 0 Å². The molecule has 2 nitrogen and oxygen atoms in total. The number of likely N-dealkylation sites (N-methyl/N-ethyl adjacent to an activating group) is 1. The average molecular weight is 251 g/mol. The third kappa shape index (κ3) is 2.73. The van der Waals surface area contributed by atoms with Gasteiger partial charge in [0.15, 0.2) is 0 Å². The van der Waals surface area contributed by atoms with Crippen LogP contribution in [-0.2, 0) is 4.74 Å². The van der Waals surface area contributed by atoms with Gasteiger partial charge < -0.3 is 10.1 Å². The largest absolute Gasteiger partial charge is 0.373 e. The summed E-state index contributed by atoms with van der Waals surface area (Å²) in [6, 6.07) is 6.91. The molecule has 18 heavy (non-hydrogen) atoms. The van der Waals surface area contributed by atoms with Crippen LogP contribution in [0.4, 0.5) is 4.39 Å². The molecule has 1 fully saturated rings. The molecule has 2 atom stereocenters. The summed E-state index contributed by atoms with van der Waals surface area (Å²) in [7, 11) is 0. The van der Waals surface area contributed by atoms with Gasteiger partial charge in [0.2, 0.25) is 0 Å². The SMILES string of the molecule is CCNC(c1ccccc1F)C1(C)CCCCO1. The molecule has 0 radical (unpaired) electrons. The van der Waals surface area contributed by atoms with Crippen LogP contribution in [0, 0.1) is 5.82 Å². The van der Waals surface area contributed by atoms with Crippen LogP contribution in [-0.4, -0.2) is 18.8 Å². The molecule has 0 aliphatic carbocycles. The number of hydrogen-bond donors (Lipinski definition) is 1. The van der Waals surface area contributed by atoms with E-state index >= 15 is 0 Å². The molecule has 0 spiro atoms. The summed E-state index contributed by atoms with van der Waals surface area (Å²) < 4.78 is 20.0. The third-order valence-electron chi connectivity index (χ3n) is 3.73. The maximum Gasteiger partial charge on any atom is 0.128 e. The van der Waals surface area contributed by atoms with Crippen molar-refractivity contribution in [2.24, 2.45) is 0 Å². The lowest BCUT2D eigenvalue weighted by Gasteiger charge is -2.41. The predicted octanol–water partition coefficient (Wildman–Crippen LogP) is 3.44. The summed E-state index contributed by atoms with van der Waals surface area (Å²) >= 11 is 0. The number of rotatable bonds is 4. The highest BCUT2D eigenvalue weighted by atomic mass is 19.1. The minimum atomic E-state index is -0.309. The van der Waals surface area contributed by atoms with Crippen LogP contribution in [0.2, 0.25) is 0 Å². The van der Waals surface area contributed by atoms with Gasteiger partial charge in [-0.3, -0.25) is 0 Å². The van der Waals surface area contributed by atoms with Gasteiger partial charge in [0.05, 0.1) is 11.6 Å². The first kappa shape index (κ1) is 13.5. The van der Waals surface area contributed by atoms with Crippen molar-refractivity contribution in [3.8, 4) is 0 Å². The van der Waals surface area contributed by atoms with Gasteiger partial charge in [-0.15, -0.1) is 0 Å². The zero-order chi connectivity index (χ0) is 13.0. The Bertz CT molecular complexity index is 388. The van der Waals surface area contributed by atoms with Gasteiger partial charge in [0.1, 0.15) is 5.82 Å². The van der Waals surface area contributed by atoms with E-state index in [4.69, 9.17) is 4.74 Å². The first-order valence-corrected chi connectivity index (χ1v) is 6.79. The molecule has 0 amide bonds. The molecule has 0 bridgehead atoms. The lowest BCUT2D eigenvalue weighted by molar-refractivity contribution is -0.0901. The molecule has 1 aliphatic rings. The molecule has 1 N–H and O–H groups in total. The van der Waals surface area contributed by atoms with Gasteiger partial charge in [0, 0.05) is 12.2 Å². The Labute approximate surface area is 109 Å². The standard InChI is InChI=1S/C15H22FNO/c1-3-17-14(12-8-4-5-9-13(12)16)15(2)10-6-7-11-18-15/h4-5,8-9,14,17H,3,6-7,10-11H2,1-2H3. The van der Waals surface area contributed by atoms with Crippen molar-refractivity contribution in [2.45, 2.75) is 44.8 Å². The first-order chi connectivity index (χ1) is 8.67. The van der Waals surface area contributed by atoms with Crippen molar-refractivity contribution in [3.05, 3.63) is 35.6 Å². The van der Waals surface area contributed by atoms with E-state index < -0.39 is 0 Å². The second kappa shape index (κ2) is 5.81. The topological polar surface area (TPSA) is 21.3 Å². The van der Waals surface area contributed by atoms with Crippen LogP contribution in [0.1, 0.15) is 44.7 Å². The summed E-state index contributed by atoms with van der Waals surface area (Å²) in [5.41, 5.74) is 0.403. The lowest BCUT2D eigenvalue weighted by atomic mass is 9.84. The molecule has 3 heteroatoms. The normalized spacial score (nSPS) is 25.9. The van der Waals surface area contributed by atoms with Crippen molar-refractivity contribution in [2.75, 3.05) is 13.2 Å². The molecule has 100 valence electrons. The Morgan fingerprint density at radius 1 is 1.39 bits per heavy atom. The van der Waals surface area contributed by atoms with Gasteiger partial charge in [-0.2, -0.15) is 0 Å². The maximum absolute atomic E-state index is 14.0. The molecule has 2 unspecified atom stereocenters. The fourth-order valence-electron chi connectivity index (χ4n) is 2.75. The summed E-state index contributed by atoms with van der Waals surface area (Å²) in [6.07, 6.45) is 3.22. The maximum atomic E-state index is 14.0. The predicted molar refractivity (Wildman–Crippen MR) is 71.0 cm³/mol. The molecular weight excluding hydrogens is 229 g/mol. The van der Waals surface area contributed by atoms with Gasteiger partial charge in [-0.25, -0.2) is 4.39 Å². The monoisotopic (exact) mass is 251 g/mol. The van der Waals surface area contributed by atoms with Gasteiger partial charge in [0.25, 0.3) is 0 Å². The summed E-state index contributed by atoms with van der Waals surface area (Å²) in [6.45, 7) is 5.71. The first-order valence-electron chi connectivity index (χ1n) is 6.79. The average Bonchev–Trinajstić information content (AvgIpc) is 2.38. The molecule has 1 aromatic carbocycles. The highest BCUT2D eigenvalue weighted by molar-refractivity contribution is 5.24. The van der Waals surface area contributed by atoms with E-state index in [-0.39, 0.29) is 17.5 Å². The Morgan fingerprint density at radius 2 is 2.17 bits per heavy atom. The van der Waals surface area contributed by atoms with Crippen LogP contribution in [0.25, 0.3) is 0 Å². The fraction of sp³-hybridized carbons (Fsp3) is 0.600. The third-order valence-corrected chi connectivity index (χ3v) is 3.73. The molecule has 1 saturated heterocycles. The summed E-state index contributed by atoms with van der Waals surface area (Å²) in [5.74, 6) is -0.154. The Balaban J connectivity index is 2.30. The number of halogens is 1. The number of hydrogen-bond acceptors (Lipinski definition) is 2. The van der Waals surface area contributed by atoms with E-state index in [9.17, 15) is 4.39 Å². The number of ether oxygens (including phenoxy) is 1. The number of benzene rings is 1. The van der Waals surface area contributed by atoms with Crippen LogP contribution in [0.5, 0.6) is 0 Å². The van der Waals surface area contributed by atoms with Gasteiger partial charge >= 0.3 is 0 Å². The molecular formula is C15H22FNO. The van der Waals surface area contributed by atoms with Crippen molar-refractivity contribution in [1.82, 2.24) is 5.32 Å². The Hall–Kier alpha value is -0.930.